The second-order valence-corrected chi connectivity index (χ2v) is 5.41. The molecule has 4 heteroatoms. The van der Waals surface area contributed by atoms with Crippen LogP contribution in [0.1, 0.15) is 49.4 Å². The summed E-state index contributed by atoms with van der Waals surface area (Å²) in [6.07, 6.45) is 5.74. The number of aromatic hydroxyl groups is 2. The van der Waals surface area contributed by atoms with Crippen LogP contribution in [0.3, 0.4) is 0 Å². The van der Waals surface area contributed by atoms with E-state index in [0.29, 0.717) is 6.54 Å². The molecule has 0 spiro atoms. The normalized spacial score (nSPS) is 17.3. The molecule has 1 fully saturated rings. The molecule has 1 aliphatic rings. The minimum atomic E-state index is -0.407. The quantitative estimate of drug-likeness (QED) is 0.782. The van der Waals surface area contributed by atoms with Gasteiger partial charge in [0, 0.05) is 6.54 Å². The molecule has 0 radical (unpaired) electrons. The number of phenolic OH excluding ortho intramolecular Hbond substituents is 2. The number of nitrogens with one attached hydrogen (secondary N) is 1. The predicted molar refractivity (Wildman–Crippen MR) is 73.3 cm³/mol. The van der Waals surface area contributed by atoms with E-state index >= 15 is 0 Å². The van der Waals surface area contributed by atoms with Crippen LogP contribution in [0.2, 0.25) is 0 Å². The minimum absolute atomic E-state index is 0.0354. The van der Waals surface area contributed by atoms with Crippen molar-refractivity contribution in [2.45, 2.75) is 39.0 Å². The van der Waals surface area contributed by atoms with Crippen LogP contribution in [0, 0.1) is 5.41 Å². The first-order valence-corrected chi connectivity index (χ1v) is 6.87. The van der Waals surface area contributed by atoms with Gasteiger partial charge in [0.05, 0.1) is 0 Å². The Bertz CT molecular complexity index is 444. The Hall–Kier alpha value is -1.71. The summed E-state index contributed by atoms with van der Waals surface area (Å²) >= 11 is 0. The van der Waals surface area contributed by atoms with Crippen LogP contribution in [-0.4, -0.2) is 22.7 Å². The third-order valence-electron chi connectivity index (χ3n) is 4.29. The van der Waals surface area contributed by atoms with Gasteiger partial charge in [-0.2, -0.15) is 0 Å². The Morgan fingerprint density at radius 2 is 1.84 bits per heavy atom. The second-order valence-electron chi connectivity index (χ2n) is 5.41. The molecule has 0 unspecified atom stereocenters. The summed E-state index contributed by atoms with van der Waals surface area (Å²) in [4.78, 5) is 12.1. The minimum Gasteiger partial charge on any atom is -0.507 e. The molecular formula is C15H21NO3. The van der Waals surface area contributed by atoms with E-state index in [2.05, 4.69) is 12.2 Å². The molecule has 1 aromatic carbocycles. The summed E-state index contributed by atoms with van der Waals surface area (Å²) in [6, 6.07) is 4.31. The standard InChI is InChI=1S/C15H21NO3/c1-2-15(8-3-4-9-15)10-16-14(19)13-11(17)6-5-7-12(13)18/h5-7,17-18H,2-4,8-10H2,1H3,(H,16,19). The molecule has 0 bridgehead atoms. The van der Waals surface area contributed by atoms with E-state index in [1.54, 1.807) is 0 Å². The van der Waals surface area contributed by atoms with Gasteiger partial charge in [-0.3, -0.25) is 4.79 Å². The predicted octanol–water partition coefficient (Wildman–Crippen LogP) is 2.80. The molecule has 1 amide bonds. The molecule has 4 nitrogen and oxygen atoms in total. The van der Waals surface area contributed by atoms with Gasteiger partial charge >= 0.3 is 0 Å². The van der Waals surface area contributed by atoms with Gasteiger partial charge in [-0.1, -0.05) is 25.8 Å². The molecule has 1 saturated carbocycles. The zero-order valence-electron chi connectivity index (χ0n) is 11.3. The summed E-state index contributed by atoms with van der Waals surface area (Å²) in [5.41, 5.74) is 0.155. The summed E-state index contributed by atoms with van der Waals surface area (Å²) in [5.74, 6) is -0.778. The maximum atomic E-state index is 12.1. The summed E-state index contributed by atoms with van der Waals surface area (Å²) in [7, 11) is 0. The zero-order chi connectivity index (χ0) is 13.9. The molecule has 1 aromatic rings. The van der Waals surface area contributed by atoms with E-state index in [4.69, 9.17) is 0 Å². The third kappa shape index (κ3) is 2.83. The average molecular weight is 263 g/mol. The van der Waals surface area contributed by atoms with Gasteiger partial charge in [0.2, 0.25) is 0 Å². The Kier molecular flexibility index (Phi) is 3.98. The zero-order valence-corrected chi connectivity index (χ0v) is 11.3. The number of hydrogen-bond donors (Lipinski definition) is 3. The summed E-state index contributed by atoms with van der Waals surface area (Å²) in [5, 5.41) is 22.2. The van der Waals surface area contributed by atoms with E-state index in [9.17, 15) is 15.0 Å². The lowest BCUT2D eigenvalue weighted by atomic mass is 9.83. The topological polar surface area (TPSA) is 69.6 Å². The number of amides is 1. The van der Waals surface area contributed by atoms with Crippen LogP contribution in [0.5, 0.6) is 11.5 Å². The lowest BCUT2D eigenvalue weighted by Crippen LogP contribution is -2.35. The molecule has 0 aromatic heterocycles. The average Bonchev–Trinajstić information content (AvgIpc) is 2.86. The summed E-state index contributed by atoms with van der Waals surface area (Å²) in [6.45, 7) is 2.76. The molecule has 2 rings (SSSR count). The van der Waals surface area contributed by atoms with Gasteiger partial charge in [0.25, 0.3) is 5.91 Å². The fraction of sp³-hybridized carbons (Fsp3) is 0.533. The van der Waals surface area contributed by atoms with Crippen molar-refractivity contribution in [1.82, 2.24) is 5.32 Å². The molecule has 0 heterocycles. The molecule has 19 heavy (non-hydrogen) atoms. The molecule has 0 atom stereocenters. The molecular weight excluding hydrogens is 242 g/mol. The van der Waals surface area contributed by atoms with Gasteiger partial charge in [0.1, 0.15) is 17.1 Å². The number of carbonyl (C=O) groups excluding carboxylic acids is 1. The first-order valence-electron chi connectivity index (χ1n) is 6.87. The molecule has 0 saturated heterocycles. The van der Waals surface area contributed by atoms with E-state index < -0.39 is 5.91 Å². The van der Waals surface area contributed by atoms with Gasteiger partial charge in [-0.15, -0.1) is 0 Å². The highest BCUT2D eigenvalue weighted by Crippen LogP contribution is 2.40. The molecule has 0 aliphatic heterocycles. The molecule has 104 valence electrons. The SMILES string of the molecule is CCC1(CNC(=O)c2c(O)cccc2O)CCCC1. The van der Waals surface area contributed by atoms with Crippen molar-refractivity contribution in [2.24, 2.45) is 5.41 Å². The number of hydrogen-bond acceptors (Lipinski definition) is 3. The Balaban J connectivity index is 2.05. The first-order chi connectivity index (χ1) is 9.08. The van der Waals surface area contributed by atoms with Crippen molar-refractivity contribution in [2.75, 3.05) is 6.54 Å². The maximum absolute atomic E-state index is 12.1. The van der Waals surface area contributed by atoms with Crippen molar-refractivity contribution in [3.63, 3.8) is 0 Å². The van der Waals surface area contributed by atoms with Crippen LogP contribution in [0.4, 0.5) is 0 Å². The van der Waals surface area contributed by atoms with Crippen LogP contribution < -0.4 is 5.32 Å². The van der Waals surface area contributed by atoms with Gasteiger partial charge < -0.3 is 15.5 Å². The number of carbonyl (C=O) groups is 1. The van der Waals surface area contributed by atoms with Gasteiger partial charge in [0.15, 0.2) is 0 Å². The van der Waals surface area contributed by atoms with Crippen molar-refractivity contribution in [3.8, 4) is 11.5 Å². The van der Waals surface area contributed by atoms with Crippen molar-refractivity contribution < 1.29 is 15.0 Å². The Morgan fingerprint density at radius 3 is 2.37 bits per heavy atom. The third-order valence-corrected chi connectivity index (χ3v) is 4.29. The Labute approximate surface area is 113 Å². The highest BCUT2D eigenvalue weighted by atomic mass is 16.3. The monoisotopic (exact) mass is 263 g/mol. The van der Waals surface area contributed by atoms with E-state index in [1.165, 1.54) is 31.0 Å². The lowest BCUT2D eigenvalue weighted by Gasteiger charge is -2.27. The fourth-order valence-electron chi connectivity index (χ4n) is 2.90. The van der Waals surface area contributed by atoms with Crippen LogP contribution in [-0.2, 0) is 0 Å². The van der Waals surface area contributed by atoms with Crippen molar-refractivity contribution >= 4 is 5.91 Å². The number of benzene rings is 1. The first kappa shape index (κ1) is 13.7. The smallest absolute Gasteiger partial charge is 0.258 e. The Morgan fingerprint density at radius 1 is 1.26 bits per heavy atom. The highest BCUT2D eigenvalue weighted by molar-refractivity contribution is 5.99. The van der Waals surface area contributed by atoms with Crippen LogP contribution in [0.25, 0.3) is 0 Å². The van der Waals surface area contributed by atoms with Crippen LogP contribution in [0.15, 0.2) is 18.2 Å². The maximum Gasteiger partial charge on any atom is 0.258 e. The van der Waals surface area contributed by atoms with Crippen LogP contribution >= 0.6 is 0 Å². The fourth-order valence-corrected chi connectivity index (χ4v) is 2.90. The second kappa shape index (κ2) is 5.51. The summed E-state index contributed by atoms with van der Waals surface area (Å²) < 4.78 is 0. The largest absolute Gasteiger partial charge is 0.507 e. The molecule has 3 N–H and O–H groups in total. The van der Waals surface area contributed by atoms with E-state index in [0.717, 1.165) is 19.3 Å². The number of rotatable bonds is 4. The van der Waals surface area contributed by atoms with Crippen molar-refractivity contribution in [1.29, 1.82) is 0 Å². The van der Waals surface area contributed by atoms with Crippen molar-refractivity contribution in [3.05, 3.63) is 23.8 Å². The number of phenols is 2. The highest BCUT2D eigenvalue weighted by Gasteiger charge is 2.32. The van der Waals surface area contributed by atoms with Gasteiger partial charge in [-0.05, 0) is 36.8 Å². The van der Waals surface area contributed by atoms with E-state index in [-0.39, 0.29) is 22.5 Å². The van der Waals surface area contributed by atoms with E-state index in [1.807, 2.05) is 0 Å². The van der Waals surface area contributed by atoms with Gasteiger partial charge in [-0.25, -0.2) is 0 Å². The molecule has 1 aliphatic carbocycles. The lowest BCUT2D eigenvalue weighted by molar-refractivity contribution is 0.0923.